The number of nitrogens with zero attached hydrogens (tertiary/aromatic N) is 5. The van der Waals surface area contributed by atoms with Crippen LogP contribution in [0.5, 0.6) is 0 Å². The fourth-order valence-electron chi connectivity index (χ4n) is 5.68. The monoisotopic (exact) mass is 528 g/mol. The molecule has 2 aromatic heterocycles. The molecule has 6 rings (SSSR count). The molecule has 4 aromatic rings. The molecular weight excluding hydrogens is 500 g/mol. The summed E-state index contributed by atoms with van der Waals surface area (Å²) in [5.74, 6) is 0.693. The molecule has 2 aliphatic rings. The Hall–Kier alpha value is -3.91. The zero-order valence-electron chi connectivity index (χ0n) is 21.0. The van der Waals surface area contributed by atoms with E-state index in [9.17, 15) is 9.59 Å². The number of benzene rings is 2. The van der Waals surface area contributed by atoms with Crippen LogP contribution >= 0.6 is 11.6 Å². The smallest absolute Gasteiger partial charge is 0.272 e. The summed E-state index contributed by atoms with van der Waals surface area (Å²) >= 11 is 6.39. The Morgan fingerprint density at radius 1 is 0.921 bits per heavy atom. The molecule has 1 N–H and O–H groups in total. The summed E-state index contributed by atoms with van der Waals surface area (Å²) in [6.45, 7) is 3.91. The molecule has 0 unspecified atom stereocenters. The normalized spacial score (nSPS) is 18.1. The van der Waals surface area contributed by atoms with E-state index in [2.05, 4.69) is 24.8 Å². The lowest BCUT2D eigenvalue weighted by atomic mass is 9.93. The van der Waals surface area contributed by atoms with Gasteiger partial charge in [-0.3, -0.25) is 9.59 Å². The van der Waals surface area contributed by atoms with E-state index in [4.69, 9.17) is 11.6 Å². The zero-order chi connectivity index (χ0) is 26.1. The van der Waals surface area contributed by atoms with Crippen molar-refractivity contribution in [1.82, 2.24) is 19.9 Å². The summed E-state index contributed by atoms with van der Waals surface area (Å²) in [6.07, 6.45) is 5.13. The van der Waals surface area contributed by atoms with Crippen molar-refractivity contribution in [3.63, 3.8) is 0 Å². The summed E-state index contributed by atoms with van der Waals surface area (Å²) in [7, 11) is 0. The molecule has 2 aromatic carbocycles. The van der Waals surface area contributed by atoms with E-state index in [1.807, 2.05) is 47.4 Å². The summed E-state index contributed by atoms with van der Waals surface area (Å²) in [6, 6.07) is 17.3. The predicted octanol–water partition coefficient (Wildman–Crippen LogP) is 4.20. The molecule has 2 aliphatic heterocycles. The lowest BCUT2D eigenvalue weighted by Crippen LogP contribution is -2.53. The highest BCUT2D eigenvalue weighted by atomic mass is 35.5. The highest BCUT2D eigenvalue weighted by Gasteiger charge is 2.33. The van der Waals surface area contributed by atoms with Crippen LogP contribution in [0.4, 0.5) is 11.6 Å². The van der Waals surface area contributed by atoms with Crippen LogP contribution in [0.1, 0.15) is 12.8 Å². The van der Waals surface area contributed by atoms with Gasteiger partial charge in [-0.15, -0.1) is 0 Å². The highest BCUT2D eigenvalue weighted by Crippen LogP contribution is 2.37. The predicted molar refractivity (Wildman–Crippen MR) is 151 cm³/mol. The van der Waals surface area contributed by atoms with Gasteiger partial charge >= 0.3 is 0 Å². The van der Waals surface area contributed by atoms with Gasteiger partial charge in [0.15, 0.2) is 0 Å². The molecule has 0 bridgehead atoms. The Labute approximate surface area is 225 Å². The van der Waals surface area contributed by atoms with Gasteiger partial charge in [0.05, 0.1) is 5.92 Å². The second-order valence-electron chi connectivity index (χ2n) is 9.88. The number of aromatic amines is 1. The second kappa shape index (κ2) is 10.5. The van der Waals surface area contributed by atoms with E-state index in [0.717, 1.165) is 41.4 Å². The number of carbonyl (C=O) groups is 1. The largest absolute Gasteiger partial charge is 0.366 e. The van der Waals surface area contributed by atoms with E-state index in [1.54, 1.807) is 24.5 Å². The first-order valence-corrected chi connectivity index (χ1v) is 13.4. The van der Waals surface area contributed by atoms with Gasteiger partial charge in [0, 0.05) is 73.2 Å². The summed E-state index contributed by atoms with van der Waals surface area (Å²) in [4.78, 5) is 45.0. The quantitative estimate of drug-likeness (QED) is 0.427. The zero-order valence-corrected chi connectivity index (χ0v) is 21.8. The van der Waals surface area contributed by atoms with Crippen molar-refractivity contribution in [2.24, 2.45) is 5.92 Å². The topological polar surface area (TPSA) is 85.4 Å². The molecule has 2 saturated heterocycles. The Balaban J connectivity index is 1.27. The minimum atomic E-state index is -0.165. The molecule has 194 valence electrons. The molecule has 2 fully saturated rings. The van der Waals surface area contributed by atoms with Crippen LogP contribution in [0, 0.1) is 5.92 Å². The first kappa shape index (κ1) is 24.4. The van der Waals surface area contributed by atoms with Crippen molar-refractivity contribution < 1.29 is 4.79 Å². The lowest BCUT2D eigenvalue weighted by molar-refractivity contribution is -0.136. The van der Waals surface area contributed by atoms with Gasteiger partial charge in [0.1, 0.15) is 5.69 Å². The number of H-pyrrole nitrogens is 1. The third-order valence-electron chi connectivity index (χ3n) is 7.53. The van der Waals surface area contributed by atoms with Crippen molar-refractivity contribution in [3.8, 4) is 11.1 Å². The maximum atomic E-state index is 13.6. The van der Waals surface area contributed by atoms with Crippen LogP contribution in [0.25, 0.3) is 22.0 Å². The number of pyridine rings is 1. The summed E-state index contributed by atoms with van der Waals surface area (Å²) < 4.78 is 0. The lowest BCUT2D eigenvalue weighted by Gasteiger charge is -2.39. The van der Waals surface area contributed by atoms with Gasteiger partial charge in [-0.2, -0.15) is 0 Å². The summed E-state index contributed by atoms with van der Waals surface area (Å²) in [5, 5.41) is 1.51. The fraction of sp³-hybridized carbons (Fsp3) is 0.310. The van der Waals surface area contributed by atoms with Crippen LogP contribution in [-0.4, -0.2) is 65.0 Å². The maximum Gasteiger partial charge on any atom is 0.272 e. The Morgan fingerprint density at radius 3 is 2.45 bits per heavy atom. The molecule has 1 amide bonds. The van der Waals surface area contributed by atoms with Crippen molar-refractivity contribution in [2.45, 2.75) is 12.8 Å². The number of aromatic nitrogens is 3. The highest BCUT2D eigenvalue weighted by molar-refractivity contribution is 6.31. The molecular formula is C29H29ClN6O2. The van der Waals surface area contributed by atoms with Gasteiger partial charge in [-0.25, -0.2) is 9.97 Å². The molecule has 38 heavy (non-hydrogen) atoms. The maximum absolute atomic E-state index is 13.6. The number of nitrogens with one attached hydrogen (secondary N) is 1. The Kier molecular flexibility index (Phi) is 6.72. The molecule has 9 heteroatoms. The van der Waals surface area contributed by atoms with E-state index < -0.39 is 0 Å². The number of amides is 1. The number of hydrogen-bond donors (Lipinski definition) is 1. The molecule has 0 aliphatic carbocycles. The molecule has 8 nitrogen and oxygen atoms in total. The SMILES string of the molecule is O=C([C@@H]1CCCN(c2c(-c3ccccc3)c3cc(Cl)ccc3[nH]c2=O)C1)N1CCN(c2ncccn2)CC1. The van der Waals surface area contributed by atoms with E-state index in [1.165, 1.54) is 0 Å². The summed E-state index contributed by atoms with van der Waals surface area (Å²) in [5.41, 5.74) is 3.01. The number of piperazine rings is 1. The fourth-order valence-corrected chi connectivity index (χ4v) is 5.85. The van der Waals surface area contributed by atoms with Gasteiger partial charge in [0.25, 0.3) is 5.56 Å². The number of rotatable bonds is 4. The molecule has 0 spiro atoms. The average Bonchev–Trinajstić information content (AvgIpc) is 2.97. The molecule has 4 heterocycles. The van der Waals surface area contributed by atoms with Crippen molar-refractivity contribution in [1.29, 1.82) is 0 Å². The minimum absolute atomic E-state index is 0.150. The van der Waals surface area contributed by atoms with Gasteiger partial charge < -0.3 is 19.7 Å². The van der Waals surface area contributed by atoms with Gasteiger partial charge in [0.2, 0.25) is 11.9 Å². The van der Waals surface area contributed by atoms with Crippen LogP contribution in [0.3, 0.4) is 0 Å². The van der Waals surface area contributed by atoms with E-state index >= 15 is 0 Å². The first-order valence-electron chi connectivity index (χ1n) is 13.0. The van der Waals surface area contributed by atoms with Crippen molar-refractivity contribution >= 4 is 40.0 Å². The minimum Gasteiger partial charge on any atom is -0.366 e. The van der Waals surface area contributed by atoms with Gasteiger partial charge in [-0.05, 0) is 42.7 Å². The molecule has 0 radical (unpaired) electrons. The van der Waals surface area contributed by atoms with E-state index in [-0.39, 0.29) is 17.4 Å². The number of fused-ring (bicyclic) bond motifs is 1. The Morgan fingerprint density at radius 2 is 1.68 bits per heavy atom. The number of carbonyl (C=O) groups excluding carboxylic acids is 1. The third-order valence-corrected chi connectivity index (χ3v) is 7.76. The number of halogens is 1. The number of anilines is 2. The third kappa shape index (κ3) is 4.72. The second-order valence-corrected chi connectivity index (χ2v) is 10.3. The Bertz CT molecular complexity index is 1500. The standard InChI is InChI=1S/C29H29ClN6O2/c30-22-9-10-24-23(18-22)25(20-6-2-1-3-7-20)26(27(37)33-24)36-13-4-8-21(19-36)28(38)34-14-16-35(17-15-34)29-31-11-5-12-32-29/h1-3,5-7,9-12,18,21H,4,8,13-17,19H2,(H,33,37)/t21-/m1/s1. The van der Waals surface area contributed by atoms with Crippen LogP contribution < -0.4 is 15.4 Å². The first-order chi connectivity index (χ1) is 18.6. The number of hydrogen-bond acceptors (Lipinski definition) is 6. The van der Waals surface area contributed by atoms with Crippen molar-refractivity contribution in [3.05, 3.63) is 82.4 Å². The van der Waals surface area contributed by atoms with E-state index in [0.29, 0.717) is 49.4 Å². The van der Waals surface area contributed by atoms with Crippen LogP contribution in [0.2, 0.25) is 5.02 Å². The van der Waals surface area contributed by atoms with Crippen LogP contribution in [0.15, 0.2) is 71.8 Å². The molecule has 1 atom stereocenters. The average molecular weight is 529 g/mol. The van der Waals surface area contributed by atoms with Crippen LogP contribution in [-0.2, 0) is 4.79 Å². The number of piperidine rings is 1. The van der Waals surface area contributed by atoms with Gasteiger partial charge in [-0.1, -0.05) is 41.9 Å². The molecule has 0 saturated carbocycles. The van der Waals surface area contributed by atoms with Crippen molar-refractivity contribution in [2.75, 3.05) is 49.1 Å².